The van der Waals surface area contributed by atoms with Crippen molar-refractivity contribution < 1.29 is 13.9 Å². The molecule has 0 bridgehead atoms. The van der Waals surface area contributed by atoms with Crippen molar-refractivity contribution in [2.75, 3.05) is 6.67 Å². The lowest BCUT2D eigenvalue weighted by molar-refractivity contribution is -0.154. The van der Waals surface area contributed by atoms with E-state index in [-0.39, 0.29) is 18.2 Å². The lowest BCUT2D eigenvalue weighted by Crippen LogP contribution is -2.23. The smallest absolute Gasteiger partial charge is 0.306 e. The lowest BCUT2D eigenvalue weighted by atomic mass is 10.1. The minimum Gasteiger partial charge on any atom is -0.460 e. The van der Waals surface area contributed by atoms with Crippen molar-refractivity contribution in [3.8, 4) is 0 Å². The Bertz CT molecular complexity index is 246. The largest absolute Gasteiger partial charge is 0.460 e. The Morgan fingerprint density at radius 3 is 1.52 bits per heavy atom. The van der Waals surface area contributed by atoms with Gasteiger partial charge in [-0.05, 0) is 33.6 Å². The summed E-state index contributed by atoms with van der Waals surface area (Å²) in [5.74, 6) is -0.0734. The van der Waals surface area contributed by atoms with Gasteiger partial charge in [-0.15, -0.1) is 0 Å². The van der Waals surface area contributed by atoms with Crippen LogP contribution in [0.2, 0.25) is 0 Å². The van der Waals surface area contributed by atoms with E-state index in [0.29, 0.717) is 6.42 Å². The Morgan fingerprint density at radius 1 is 0.762 bits per heavy atom. The van der Waals surface area contributed by atoms with Crippen molar-refractivity contribution in [1.82, 2.24) is 0 Å². The fourth-order valence-corrected chi connectivity index (χ4v) is 2.35. The second-order valence-electron chi connectivity index (χ2n) is 6.91. The van der Waals surface area contributed by atoms with Crippen LogP contribution in [0.15, 0.2) is 0 Å². The van der Waals surface area contributed by atoms with Gasteiger partial charge in [0.2, 0.25) is 0 Å². The van der Waals surface area contributed by atoms with Crippen LogP contribution in [0.1, 0.15) is 97.8 Å². The van der Waals surface area contributed by atoms with Crippen LogP contribution in [0, 0.1) is 0 Å². The number of esters is 1. The van der Waals surface area contributed by atoms with Gasteiger partial charge in [-0.25, -0.2) is 0 Å². The summed E-state index contributed by atoms with van der Waals surface area (Å²) < 4.78 is 17.1. The molecule has 0 spiro atoms. The number of ether oxygens (including phenoxy) is 1. The summed E-state index contributed by atoms with van der Waals surface area (Å²) in [6.45, 7) is 5.55. The highest BCUT2D eigenvalue weighted by molar-refractivity contribution is 5.69. The summed E-state index contributed by atoms with van der Waals surface area (Å²) in [6.07, 6.45) is 13.2. The van der Waals surface area contributed by atoms with Crippen molar-refractivity contribution in [3.63, 3.8) is 0 Å². The number of alkyl halides is 1. The predicted octanol–water partition coefficient (Wildman–Crippen LogP) is 5.98. The van der Waals surface area contributed by atoms with Crippen LogP contribution >= 0.6 is 0 Å². The number of hydrogen-bond acceptors (Lipinski definition) is 2. The van der Waals surface area contributed by atoms with E-state index in [9.17, 15) is 9.18 Å². The first-order valence-electron chi connectivity index (χ1n) is 8.73. The first kappa shape index (κ1) is 20.4. The Kier molecular flexibility index (Phi) is 12.7. The first-order chi connectivity index (χ1) is 9.95. The van der Waals surface area contributed by atoms with Crippen LogP contribution in [0.3, 0.4) is 0 Å². The van der Waals surface area contributed by atoms with E-state index in [4.69, 9.17) is 4.74 Å². The summed E-state index contributed by atoms with van der Waals surface area (Å²) in [6, 6.07) is 0. The quantitative estimate of drug-likeness (QED) is 0.309. The summed E-state index contributed by atoms with van der Waals surface area (Å²) in [4.78, 5) is 11.5. The maximum atomic E-state index is 11.9. The van der Waals surface area contributed by atoms with Crippen molar-refractivity contribution in [3.05, 3.63) is 0 Å². The molecule has 3 heteroatoms. The zero-order chi connectivity index (χ0) is 16.0. The van der Waals surface area contributed by atoms with E-state index in [0.717, 1.165) is 25.7 Å². The number of hydrogen-bond donors (Lipinski definition) is 0. The van der Waals surface area contributed by atoms with Gasteiger partial charge in [0.1, 0.15) is 5.60 Å². The molecule has 0 aliphatic carbocycles. The van der Waals surface area contributed by atoms with Gasteiger partial charge in [-0.3, -0.25) is 9.18 Å². The Morgan fingerprint density at radius 2 is 1.14 bits per heavy atom. The highest BCUT2D eigenvalue weighted by Gasteiger charge is 2.15. The number of carbonyl (C=O) groups is 1. The molecule has 0 aromatic carbocycles. The zero-order valence-corrected chi connectivity index (χ0v) is 14.4. The molecule has 0 atom stereocenters. The maximum Gasteiger partial charge on any atom is 0.306 e. The first-order valence-corrected chi connectivity index (χ1v) is 8.73. The molecule has 0 fully saturated rings. The number of halogens is 1. The highest BCUT2D eigenvalue weighted by atomic mass is 19.1. The van der Waals surface area contributed by atoms with Gasteiger partial charge in [0.05, 0.1) is 6.67 Å². The minimum atomic E-state index is -0.360. The van der Waals surface area contributed by atoms with Crippen LogP contribution in [-0.2, 0) is 9.53 Å². The molecule has 0 saturated carbocycles. The molecular formula is C18H35FO2. The summed E-state index contributed by atoms with van der Waals surface area (Å²) in [5.41, 5.74) is -0.360. The Hall–Kier alpha value is -0.600. The summed E-state index contributed by atoms with van der Waals surface area (Å²) >= 11 is 0. The van der Waals surface area contributed by atoms with Gasteiger partial charge < -0.3 is 4.74 Å². The molecule has 0 heterocycles. The average Bonchev–Trinajstić information content (AvgIpc) is 2.38. The van der Waals surface area contributed by atoms with Gasteiger partial charge in [0.15, 0.2) is 0 Å². The molecule has 0 N–H and O–H groups in total. The standard InChI is InChI=1S/C18H35FO2/c1-18(2,3)21-17(20)15-13-11-9-7-5-4-6-8-10-12-14-16-19/h4-16H2,1-3H3. The number of carbonyl (C=O) groups excluding carboxylic acids is 1. The number of unbranched alkanes of at least 4 members (excludes halogenated alkanes) is 10. The van der Waals surface area contributed by atoms with Crippen LogP contribution in [0.4, 0.5) is 4.39 Å². The van der Waals surface area contributed by atoms with Gasteiger partial charge >= 0.3 is 5.97 Å². The van der Waals surface area contributed by atoms with Crippen LogP contribution in [-0.4, -0.2) is 18.2 Å². The van der Waals surface area contributed by atoms with Crippen molar-refractivity contribution in [2.24, 2.45) is 0 Å². The molecule has 0 aliphatic rings. The molecule has 0 rings (SSSR count). The highest BCUT2D eigenvalue weighted by Crippen LogP contribution is 2.13. The average molecular weight is 302 g/mol. The summed E-state index contributed by atoms with van der Waals surface area (Å²) in [7, 11) is 0. The molecule has 0 amide bonds. The predicted molar refractivity (Wildman–Crippen MR) is 87.2 cm³/mol. The Labute approximate surface area is 130 Å². The fourth-order valence-electron chi connectivity index (χ4n) is 2.35. The normalized spacial score (nSPS) is 11.6. The van der Waals surface area contributed by atoms with Gasteiger partial charge in [-0.2, -0.15) is 0 Å². The molecule has 0 aromatic rings. The molecule has 0 aromatic heterocycles. The van der Waals surface area contributed by atoms with Crippen molar-refractivity contribution >= 4 is 5.97 Å². The van der Waals surface area contributed by atoms with E-state index < -0.39 is 0 Å². The van der Waals surface area contributed by atoms with E-state index in [1.807, 2.05) is 20.8 Å². The van der Waals surface area contributed by atoms with Crippen LogP contribution in [0.5, 0.6) is 0 Å². The molecule has 0 unspecified atom stereocenters. The third-order valence-electron chi connectivity index (χ3n) is 3.43. The molecule has 126 valence electrons. The van der Waals surface area contributed by atoms with E-state index >= 15 is 0 Å². The van der Waals surface area contributed by atoms with Crippen molar-refractivity contribution in [1.29, 1.82) is 0 Å². The molecule has 0 saturated heterocycles. The molecule has 21 heavy (non-hydrogen) atoms. The lowest BCUT2D eigenvalue weighted by Gasteiger charge is -2.19. The fraction of sp³-hybridized carbons (Fsp3) is 0.944. The molecular weight excluding hydrogens is 267 g/mol. The second kappa shape index (κ2) is 13.1. The van der Waals surface area contributed by atoms with E-state index in [2.05, 4.69) is 0 Å². The van der Waals surface area contributed by atoms with Gasteiger partial charge in [0, 0.05) is 6.42 Å². The Balaban J connectivity index is 3.17. The zero-order valence-electron chi connectivity index (χ0n) is 14.4. The minimum absolute atomic E-state index is 0.0734. The maximum absolute atomic E-state index is 11.9. The third kappa shape index (κ3) is 17.3. The van der Waals surface area contributed by atoms with E-state index in [1.54, 1.807) is 0 Å². The van der Waals surface area contributed by atoms with Gasteiger partial charge in [0.25, 0.3) is 0 Å². The molecule has 0 radical (unpaired) electrons. The topological polar surface area (TPSA) is 26.3 Å². The van der Waals surface area contributed by atoms with Gasteiger partial charge in [-0.1, -0.05) is 57.8 Å². The molecule has 0 aliphatic heterocycles. The van der Waals surface area contributed by atoms with Crippen LogP contribution in [0.25, 0.3) is 0 Å². The van der Waals surface area contributed by atoms with Crippen LogP contribution < -0.4 is 0 Å². The summed E-state index contributed by atoms with van der Waals surface area (Å²) in [5, 5.41) is 0. The molecule has 2 nitrogen and oxygen atoms in total. The number of rotatable bonds is 13. The van der Waals surface area contributed by atoms with Crippen molar-refractivity contribution in [2.45, 2.75) is 103 Å². The third-order valence-corrected chi connectivity index (χ3v) is 3.43. The SMILES string of the molecule is CC(C)(C)OC(=O)CCCCCCCCCCCCCF. The van der Waals surface area contributed by atoms with E-state index in [1.165, 1.54) is 44.9 Å². The second-order valence-corrected chi connectivity index (χ2v) is 6.91. The monoisotopic (exact) mass is 302 g/mol.